The molecule has 0 radical (unpaired) electrons. The summed E-state index contributed by atoms with van der Waals surface area (Å²) in [6.07, 6.45) is 1.46. The molecule has 20 heavy (non-hydrogen) atoms. The maximum absolute atomic E-state index is 12.0. The number of hydrogen-bond acceptors (Lipinski definition) is 4. The van der Waals surface area contributed by atoms with E-state index in [4.69, 9.17) is 0 Å². The minimum Gasteiger partial charge on any atom is -0.344 e. The Balaban J connectivity index is 2.75. The van der Waals surface area contributed by atoms with Crippen molar-refractivity contribution in [2.45, 2.75) is 60.0 Å². The van der Waals surface area contributed by atoms with Crippen molar-refractivity contribution in [3.63, 3.8) is 0 Å². The van der Waals surface area contributed by atoms with Crippen molar-refractivity contribution in [1.82, 2.24) is 20.1 Å². The number of aromatic nitrogens is 3. The van der Waals surface area contributed by atoms with Gasteiger partial charge in [-0.2, -0.15) is 5.10 Å². The zero-order valence-corrected chi connectivity index (χ0v) is 12.9. The fourth-order valence-corrected chi connectivity index (χ4v) is 2.06. The highest BCUT2D eigenvalue weighted by Gasteiger charge is 2.21. The van der Waals surface area contributed by atoms with Crippen molar-refractivity contribution in [2.24, 2.45) is 5.92 Å². The number of aryl methyl sites for hydroxylation is 2. The molecule has 1 heterocycles. The van der Waals surface area contributed by atoms with Gasteiger partial charge in [0.25, 0.3) is 0 Å². The van der Waals surface area contributed by atoms with Gasteiger partial charge in [-0.05, 0) is 12.8 Å². The van der Waals surface area contributed by atoms with Crippen LogP contribution in [0.4, 0.5) is 0 Å². The molecular weight excluding hydrogens is 256 g/mol. The fraction of sp³-hybridized carbons (Fsp3) is 0.714. The van der Waals surface area contributed by atoms with Crippen LogP contribution in [0.25, 0.3) is 0 Å². The molecule has 0 fully saturated rings. The van der Waals surface area contributed by atoms with Gasteiger partial charge < -0.3 is 5.32 Å². The Bertz CT molecular complexity index is 480. The molecule has 1 unspecified atom stereocenters. The Labute approximate surface area is 120 Å². The lowest BCUT2D eigenvalue weighted by Crippen LogP contribution is -2.44. The van der Waals surface area contributed by atoms with Gasteiger partial charge in [-0.15, -0.1) is 0 Å². The van der Waals surface area contributed by atoms with E-state index in [1.54, 1.807) is 4.68 Å². The summed E-state index contributed by atoms with van der Waals surface area (Å²) in [7, 11) is 0. The molecule has 6 heteroatoms. The molecule has 1 amide bonds. The van der Waals surface area contributed by atoms with Gasteiger partial charge in [0.15, 0.2) is 11.6 Å². The van der Waals surface area contributed by atoms with Crippen LogP contribution >= 0.6 is 0 Å². The molecule has 0 bridgehead atoms. The SMILES string of the molecule is CCc1nc(CC)n(CC(=O)NC(C(C)=O)C(C)C)n1. The number of amides is 1. The second kappa shape index (κ2) is 7.17. The van der Waals surface area contributed by atoms with Gasteiger partial charge in [-0.3, -0.25) is 9.59 Å². The number of carbonyl (C=O) groups is 2. The number of nitrogens with one attached hydrogen (secondary N) is 1. The molecule has 1 atom stereocenters. The Morgan fingerprint density at radius 2 is 1.90 bits per heavy atom. The highest BCUT2D eigenvalue weighted by atomic mass is 16.2. The third kappa shape index (κ3) is 4.15. The summed E-state index contributed by atoms with van der Waals surface area (Å²) in [4.78, 5) is 27.9. The van der Waals surface area contributed by atoms with E-state index in [1.807, 2.05) is 27.7 Å². The summed E-state index contributed by atoms with van der Waals surface area (Å²) < 4.78 is 1.62. The lowest BCUT2D eigenvalue weighted by Gasteiger charge is -2.19. The quantitative estimate of drug-likeness (QED) is 0.812. The molecule has 1 aromatic rings. The first-order valence-electron chi connectivity index (χ1n) is 7.11. The third-order valence-electron chi connectivity index (χ3n) is 3.14. The van der Waals surface area contributed by atoms with Gasteiger partial charge in [0, 0.05) is 12.8 Å². The first-order valence-corrected chi connectivity index (χ1v) is 7.11. The average Bonchev–Trinajstić information content (AvgIpc) is 2.77. The van der Waals surface area contributed by atoms with Gasteiger partial charge >= 0.3 is 0 Å². The van der Waals surface area contributed by atoms with E-state index in [0.717, 1.165) is 24.5 Å². The molecule has 0 aliphatic rings. The second-order valence-electron chi connectivity index (χ2n) is 5.21. The number of carbonyl (C=O) groups excluding carboxylic acids is 2. The maximum atomic E-state index is 12.0. The molecule has 6 nitrogen and oxygen atoms in total. The third-order valence-corrected chi connectivity index (χ3v) is 3.14. The number of Topliss-reactive ketones (excluding diaryl/α,β-unsaturated/α-hetero) is 1. The zero-order valence-electron chi connectivity index (χ0n) is 12.9. The van der Waals surface area contributed by atoms with Crippen molar-refractivity contribution < 1.29 is 9.59 Å². The minimum atomic E-state index is -0.443. The van der Waals surface area contributed by atoms with E-state index in [1.165, 1.54) is 6.92 Å². The highest BCUT2D eigenvalue weighted by Crippen LogP contribution is 2.04. The van der Waals surface area contributed by atoms with Gasteiger partial charge in [0.1, 0.15) is 12.4 Å². The molecule has 0 aliphatic heterocycles. The van der Waals surface area contributed by atoms with Gasteiger partial charge in [-0.1, -0.05) is 27.7 Å². The van der Waals surface area contributed by atoms with Crippen LogP contribution in [0, 0.1) is 5.92 Å². The predicted octanol–water partition coefficient (Wildman–Crippen LogP) is 1.13. The van der Waals surface area contributed by atoms with Crippen LogP contribution in [0.1, 0.15) is 46.3 Å². The van der Waals surface area contributed by atoms with Crippen LogP contribution in [0.2, 0.25) is 0 Å². The summed E-state index contributed by atoms with van der Waals surface area (Å²) in [6.45, 7) is 9.37. The minimum absolute atomic E-state index is 0.0306. The van der Waals surface area contributed by atoms with Crippen LogP contribution in [-0.4, -0.2) is 32.5 Å². The first-order chi connectivity index (χ1) is 9.38. The highest BCUT2D eigenvalue weighted by molar-refractivity contribution is 5.87. The first kappa shape index (κ1) is 16.3. The van der Waals surface area contributed by atoms with Crippen molar-refractivity contribution in [1.29, 1.82) is 0 Å². The Hall–Kier alpha value is -1.72. The Morgan fingerprint density at radius 1 is 1.25 bits per heavy atom. The molecule has 0 saturated heterocycles. The molecule has 1 rings (SSSR count). The van der Waals surface area contributed by atoms with E-state index >= 15 is 0 Å². The van der Waals surface area contributed by atoms with Crippen molar-refractivity contribution in [2.75, 3.05) is 0 Å². The number of nitrogens with zero attached hydrogens (tertiary/aromatic N) is 3. The second-order valence-corrected chi connectivity index (χ2v) is 5.21. The van der Waals surface area contributed by atoms with Crippen molar-refractivity contribution >= 4 is 11.7 Å². The molecule has 1 aromatic heterocycles. The molecule has 0 spiro atoms. The fourth-order valence-electron chi connectivity index (χ4n) is 2.06. The molecule has 0 aromatic carbocycles. The molecule has 112 valence electrons. The van der Waals surface area contributed by atoms with Gasteiger partial charge in [0.2, 0.25) is 5.91 Å². The molecule has 0 saturated carbocycles. The van der Waals surface area contributed by atoms with Gasteiger partial charge in [-0.25, -0.2) is 9.67 Å². The van der Waals surface area contributed by atoms with E-state index in [-0.39, 0.29) is 24.2 Å². The van der Waals surface area contributed by atoms with Crippen LogP contribution in [0.5, 0.6) is 0 Å². The van der Waals surface area contributed by atoms with Crippen LogP contribution in [0.15, 0.2) is 0 Å². The van der Waals surface area contributed by atoms with E-state index < -0.39 is 6.04 Å². The summed E-state index contributed by atoms with van der Waals surface area (Å²) in [5.41, 5.74) is 0. The van der Waals surface area contributed by atoms with Crippen molar-refractivity contribution in [3.8, 4) is 0 Å². The van der Waals surface area contributed by atoms with Gasteiger partial charge in [0.05, 0.1) is 6.04 Å². The lowest BCUT2D eigenvalue weighted by atomic mass is 10.0. The topological polar surface area (TPSA) is 76.9 Å². The number of ketones is 1. The molecule has 1 N–H and O–H groups in total. The monoisotopic (exact) mass is 280 g/mol. The lowest BCUT2D eigenvalue weighted by molar-refractivity contribution is -0.128. The predicted molar refractivity (Wildman–Crippen MR) is 76.2 cm³/mol. The zero-order chi connectivity index (χ0) is 15.3. The normalized spacial score (nSPS) is 12.5. The van der Waals surface area contributed by atoms with Crippen LogP contribution < -0.4 is 5.32 Å². The molecule has 0 aliphatic carbocycles. The summed E-state index contributed by atoms with van der Waals surface area (Å²) >= 11 is 0. The smallest absolute Gasteiger partial charge is 0.242 e. The Kier molecular flexibility index (Phi) is 5.85. The van der Waals surface area contributed by atoms with Crippen LogP contribution in [0.3, 0.4) is 0 Å². The maximum Gasteiger partial charge on any atom is 0.242 e. The van der Waals surface area contributed by atoms with E-state index in [2.05, 4.69) is 15.4 Å². The Morgan fingerprint density at radius 3 is 2.35 bits per heavy atom. The number of hydrogen-bond donors (Lipinski definition) is 1. The standard InChI is InChI=1S/C14H24N4O2/c1-6-11-15-12(7-2)18(17-11)8-13(20)16-14(9(3)4)10(5)19/h9,14H,6-8H2,1-5H3,(H,16,20). The number of rotatable bonds is 7. The van der Waals surface area contributed by atoms with E-state index in [0.29, 0.717) is 0 Å². The average molecular weight is 280 g/mol. The summed E-state index contributed by atoms with van der Waals surface area (Å²) in [5.74, 6) is 1.37. The largest absolute Gasteiger partial charge is 0.344 e. The summed E-state index contributed by atoms with van der Waals surface area (Å²) in [6, 6.07) is -0.443. The van der Waals surface area contributed by atoms with E-state index in [9.17, 15) is 9.59 Å². The van der Waals surface area contributed by atoms with Crippen LogP contribution in [-0.2, 0) is 29.0 Å². The van der Waals surface area contributed by atoms with Crippen molar-refractivity contribution in [3.05, 3.63) is 11.6 Å². The molecular formula is C14H24N4O2. The summed E-state index contributed by atoms with van der Waals surface area (Å²) in [5, 5.41) is 7.06.